The quantitative estimate of drug-likeness (QED) is 0.413. The Kier molecular flexibility index (Phi) is 10.7. The van der Waals surface area contributed by atoms with Gasteiger partial charge in [0, 0.05) is 39.6 Å². The zero-order valence-electron chi connectivity index (χ0n) is 13.6. The number of hydrogen-bond donors (Lipinski definition) is 1. The van der Waals surface area contributed by atoms with Crippen LogP contribution in [0.15, 0.2) is 0 Å². The SMILES string of the molecule is CCOC(CN)(C[Si](OCC)(OCC)OCC)OCC. The number of hydrogen-bond acceptors (Lipinski definition) is 6. The van der Waals surface area contributed by atoms with Crippen LogP contribution in [-0.2, 0) is 22.8 Å². The minimum Gasteiger partial charge on any atom is -0.374 e. The molecule has 0 aromatic rings. The molecule has 0 rings (SSSR count). The van der Waals surface area contributed by atoms with Gasteiger partial charge in [-0.1, -0.05) is 0 Å². The second kappa shape index (κ2) is 10.7. The van der Waals surface area contributed by atoms with Crippen LogP contribution in [0, 0.1) is 0 Å². The van der Waals surface area contributed by atoms with Crippen LogP contribution in [0.2, 0.25) is 6.04 Å². The zero-order valence-corrected chi connectivity index (χ0v) is 14.6. The van der Waals surface area contributed by atoms with Crippen LogP contribution >= 0.6 is 0 Å². The van der Waals surface area contributed by atoms with Crippen LogP contribution in [0.3, 0.4) is 0 Å². The highest BCUT2D eigenvalue weighted by molar-refractivity contribution is 6.61. The number of rotatable bonds is 13. The lowest BCUT2D eigenvalue weighted by atomic mass is 10.3. The molecule has 0 fully saturated rings. The van der Waals surface area contributed by atoms with E-state index in [4.69, 9.17) is 28.5 Å². The predicted molar refractivity (Wildman–Crippen MR) is 80.5 cm³/mol. The molecule has 0 atom stereocenters. The van der Waals surface area contributed by atoms with Crippen molar-refractivity contribution in [3.05, 3.63) is 0 Å². The first-order valence-corrected chi connectivity index (χ1v) is 9.40. The molecular weight excluding hydrogens is 278 g/mol. The van der Waals surface area contributed by atoms with E-state index in [1.54, 1.807) is 0 Å². The highest BCUT2D eigenvalue weighted by Crippen LogP contribution is 2.28. The normalized spacial score (nSPS) is 12.9. The van der Waals surface area contributed by atoms with Crippen molar-refractivity contribution in [1.82, 2.24) is 0 Å². The topological polar surface area (TPSA) is 72.2 Å². The average Bonchev–Trinajstić information content (AvgIpc) is 2.40. The molecule has 0 aromatic heterocycles. The molecule has 20 heavy (non-hydrogen) atoms. The van der Waals surface area contributed by atoms with Crippen LogP contribution < -0.4 is 5.73 Å². The predicted octanol–water partition coefficient (Wildman–Crippen LogP) is 1.76. The maximum Gasteiger partial charge on any atom is 0.506 e. The summed E-state index contributed by atoms with van der Waals surface area (Å²) >= 11 is 0. The molecular formula is C13H31NO5Si. The number of ether oxygens (including phenoxy) is 2. The smallest absolute Gasteiger partial charge is 0.374 e. The first kappa shape index (κ1) is 20.0. The van der Waals surface area contributed by atoms with Crippen LogP contribution in [0.5, 0.6) is 0 Å². The molecule has 0 heterocycles. The van der Waals surface area contributed by atoms with Crippen LogP contribution in [0.1, 0.15) is 34.6 Å². The summed E-state index contributed by atoms with van der Waals surface area (Å²) < 4.78 is 29.0. The van der Waals surface area contributed by atoms with E-state index < -0.39 is 14.6 Å². The maximum atomic E-state index is 5.88. The van der Waals surface area contributed by atoms with Crippen molar-refractivity contribution in [3.63, 3.8) is 0 Å². The molecule has 0 saturated carbocycles. The largest absolute Gasteiger partial charge is 0.506 e. The van der Waals surface area contributed by atoms with Gasteiger partial charge in [0.05, 0.1) is 6.04 Å². The van der Waals surface area contributed by atoms with Gasteiger partial charge >= 0.3 is 8.80 Å². The standard InChI is InChI=1S/C13H31NO5Si/c1-6-15-13(11-14,16-7-2)12-20(17-8-3,18-9-4)19-10-5/h6-12,14H2,1-5H3. The van der Waals surface area contributed by atoms with Crippen molar-refractivity contribution in [2.75, 3.05) is 39.6 Å². The summed E-state index contributed by atoms with van der Waals surface area (Å²) in [4.78, 5) is 0. The molecule has 0 radical (unpaired) electrons. The van der Waals surface area contributed by atoms with Crippen LogP contribution in [0.25, 0.3) is 0 Å². The van der Waals surface area contributed by atoms with Crippen molar-refractivity contribution in [3.8, 4) is 0 Å². The van der Waals surface area contributed by atoms with Crippen LogP contribution in [-0.4, -0.2) is 54.2 Å². The van der Waals surface area contributed by atoms with Gasteiger partial charge < -0.3 is 28.5 Å². The lowest BCUT2D eigenvalue weighted by molar-refractivity contribution is -0.219. The number of nitrogens with two attached hydrogens (primary N) is 1. The van der Waals surface area contributed by atoms with Gasteiger partial charge in [-0.15, -0.1) is 0 Å². The summed E-state index contributed by atoms with van der Waals surface area (Å²) in [7, 11) is -2.86. The molecule has 0 aliphatic rings. The molecule has 2 N–H and O–H groups in total. The molecule has 122 valence electrons. The van der Waals surface area contributed by atoms with Gasteiger partial charge in [-0.2, -0.15) is 0 Å². The van der Waals surface area contributed by atoms with E-state index in [2.05, 4.69) is 0 Å². The van der Waals surface area contributed by atoms with Crippen molar-refractivity contribution in [2.24, 2.45) is 5.73 Å². The molecule has 0 bridgehead atoms. The van der Waals surface area contributed by atoms with Crippen molar-refractivity contribution < 1.29 is 22.8 Å². The van der Waals surface area contributed by atoms with Crippen molar-refractivity contribution >= 4 is 8.80 Å². The Balaban J connectivity index is 5.19. The zero-order chi connectivity index (χ0) is 15.5. The molecule has 0 unspecified atom stereocenters. The summed E-state index contributed by atoms with van der Waals surface area (Å²) in [5, 5.41) is 0. The first-order valence-electron chi connectivity index (χ1n) is 7.47. The molecule has 0 aliphatic carbocycles. The van der Waals surface area contributed by atoms with E-state index in [1.807, 2.05) is 34.6 Å². The van der Waals surface area contributed by atoms with E-state index in [0.717, 1.165) is 0 Å². The van der Waals surface area contributed by atoms with E-state index in [1.165, 1.54) is 0 Å². The van der Waals surface area contributed by atoms with Gasteiger partial charge in [0.2, 0.25) is 0 Å². The lowest BCUT2D eigenvalue weighted by Gasteiger charge is -2.38. The average molecular weight is 309 g/mol. The molecule has 7 heteroatoms. The summed E-state index contributed by atoms with van der Waals surface area (Å²) in [6.45, 7) is 12.4. The monoisotopic (exact) mass is 309 g/mol. The van der Waals surface area contributed by atoms with Crippen molar-refractivity contribution in [2.45, 2.75) is 46.4 Å². The Morgan fingerprint density at radius 3 is 1.40 bits per heavy atom. The lowest BCUT2D eigenvalue weighted by Crippen LogP contribution is -2.56. The molecule has 0 aliphatic heterocycles. The Morgan fingerprint density at radius 2 is 1.15 bits per heavy atom. The Hall–Kier alpha value is -0.0231. The van der Waals surface area contributed by atoms with Crippen molar-refractivity contribution in [1.29, 1.82) is 0 Å². The fourth-order valence-corrected chi connectivity index (χ4v) is 5.01. The summed E-state index contributed by atoms with van der Waals surface area (Å²) in [6, 6.07) is 0.397. The third-order valence-electron chi connectivity index (χ3n) is 2.70. The summed E-state index contributed by atoms with van der Waals surface area (Å²) in [5.41, 5.74) is 5.88. The Labute approximate surface area is 124 Å². The van der Waals surface area contributed by atoms with Gasteiger partial charge in [0.25, 0.3) is 0 Å². The minimum absolute atomic E-state index is 0.233. The molecule has 0 saturated heterocycles. The molecule has 0 amide bonds. The molecule has 0 spiro atoms. The Morgan fingerprint density at radius 1 is 0.750 bits per heavy atom. The summed E-state index contributed by atoms with van der Waals surface area (Å²) in [6.07, 6.45) is 0. The van der Waals surface area contributed by atoms with Gasteiger partial charge in [-0.25, -0.2) is 0 Å². The van der Waals surface area contributed by atoms with E-state index in [9.17, 15) is 0 Å². The highest BCUT2D eigenvalue weighted by Gasteiger charge is 2.50. The fourth-order valence-electron chi connectivity index (χ4n) is 2.13. The second-order valence-electron chi connectivity index (χ2n) is 4.14. The Bertz CT molecular complexity index is 220. The van der Waals surface area contributed by atoms with Gasteiger partial charge in [0.15, 0.2) is 5.79 Å². The highest BCUT2D eigenvalue weighted by atomic mass is 28.4. The van der Waals surface area contributed by atoms with E-state index in [-0.39, 0.29) is 6.54 Å². The first-order chi connectivity index (χ1) is 9.57. The second-order valence-corrected chi connectivity index (χ2v) is 6.73. The van der Waals surface area contributed by atoms with Crippen LogP contribution in [0.4, 0.5) is 0 Å². The van der Waals surface area contributed by atoms with E-state index in [0.29, 0.717) is 39.1 Å². The maximum absolute atomic E-state index is 5.88. The molecule has 6 nitrogen and oxygen atoms in total. The third-order valence-corrected chi connectivity index (χ3v) is 5.86. The third kappa shape index (κ3) is 6.17. The van der Waals surface area contributed by atoms with Gasteiger partial charge in [-0.05, 0) is 34.6 Å². The van der Waals surface area contributed by atoms with Gasteiger partial charge in [-0.3, -0.25) is 0 Å². The fraction of sp³-hybridized carbons (Fsp3) is 1.00. The summed E-state index contributed by atoms with van der Waals surface area (Å²) in [5.74, 6) is -0.908. The minimum atomic E-state index is -2.86. The van der Waals surface area contributed by atoms with Gasteiger partial charge in [0.1, 0.15) is 0 Å². The van der Waals surface area contributed by atoms with E-state index >= 15 is 0 Å². The molecule has 0 aromatic carbocycles.